The molecule has 3 nitrogen and oxygen atoms in total. The quantitative estimate of drug-likeness (QED) is 0.761. The van der Waals surface area contributed by atoms with E-state index in [0.29, 0.717) is 12.1 Å². The van der Waals surface area contributed by atoms with Gasteiger partial charge in [0.15, 0.2) is 0 Å². The third kappa shape index (κ3) is 2.92. The van der Waals surface area contributed by atoms with E-state index in [1.54, 1.807) is 12.1 Å². The molecule has 0 unspecified atom stereocenters. The number of hydrogen-bond donors (Lipinski definition) is 1. The van der Waals surface area contributed by atoms with Crippen molar-refractivity contribution >= 4 is 16.8 Å². The monoisotopic (exact) mass is 324 g/mol. The van der Waals surface area contributed by atoms with E-state index in [-0.39, 0.29) is 11.7 Å². The molecule has 1 N–H and O–H groups in total. The number of nitrogens with one attached hydrogen (secondary N) is 1. The Morgan fingerprint density at radius 1 is 1.17 bits per heavy atom. The topological polar surface area (TPSA) is 34.0 Å². The van der Waals surface area contributed by atoms with E-state index in [9.17, 15) is 9.18 Å². The first-order chi connectivity index (χ1) is 11.5. The number of aryl methyl sites for hydroxylation is 2. The van der Waals surface area contributed by atoms with E-state index in [1.165, 1.54) is 23.4 Å². The van der Waals surface area contributed by atoms with Crippen LogP contribution in [0.1, 0.15) is 34.1 Å². The third-order valence-corrected chi connectivity index (χ3v) is 4.56. The van der Waals surface area contributed by atoms with Crippen molar-refractivity contribution in [3.05, 3.63) is 70.7 Å². The minimum absolute atomic E-state index is 0.150. The van der Waals surface area contributed by atoms with Gasteiger partial charge in [-0.25, -0.2) is 4.39 Å². The van der Waals surface area contributed by atoms with Crippen LogP contribution in [0.2, 0.25) is 0 Å². The van der Waals surface area contributed by atoms with Gasteiger partial charge in [0.25, 0.3) is 5.91 Å². The lowest BCUT2D eigenvalue weighted by molar-refractivity contribution is 0.0951. The van der Waals surface area contributed by atoms with Crippen molar-refractivity contribution in [3.8, 4) is 0 Å². The van der Waals surface area contributed by atoms with Crippen LogP contribution >= 0.6 is 0 Å². The third-order valence-electron chi connectivity index (χ3n) is 4.56. The first-order valence-electron chi connectivity index (χ1n) is 8.13. The van der Waals surface area contributed by atoms with Crippen LogP contribution in [0.15, 0.2) is 42.5 Å². The lowest BCUT2D eigenvalue weighted by Gasteiger charge is -2.07. The van der Waals surface area contributed by atoms with Crippen LogP contribution in [0.4, 0.5) is 4.39 Å². The summed E-state index contributed by atoms with van der Waals surface area (Å²) in [5, 5.41) is 3.95. The summed E-state index contributed by atoms with van der Waals surface area (Å²) in [6, 6.07) is 12.0. The molecule has 1 aromatic heterocycles. The normalized spacial score (nSPS) is 11.0. The predicted octanol–water partition coefficient (Wildman–Crippen LogP) is 4.35. The fraction of sp³-hybridized carbons (Fsp3) is 0.250. The fourth-order valence-corrected chi connectivity index (χ4v) is 3.13. The maximum atomic E-state index is 13.2. The van der Waals surface area contributed by atoms with Crippen molar-refractivity contribution in [2.75, 3.05) is 0 Å². The summed E-state index contributed by atoms with van der Waals surface area (Å²) in [7, 11) is 0. The number of halogens is 1. The molecule has 0 aliphatic heterocycles. The van der Waals surface area contributed by atoms with Gasteiger partial charge in [-0.2, -0.15) is 0 Å². The summed E-state index contributed by atoms with van der Waals surface area (Å²) in [5.74, 6) is -0.447. The minimum Gasteiger partial charge on any atom is -0.348 e. The maximum Gasteiger partial charge on any atom is 0.251 e. The molecule has 2 aromatic carbocycles. The zero-order valence-electron chi connectivity index (χ0n) is 14.2. The van der Waals surface area contributed by atoms with E-state index in [2.05, 4.69) is 30.7 Å². The highest BCUT2D eigenvalue weighted by Gasteiger charge is 2.13. The Hall–Kier alpha value is -2.62. The van der Waals surface area contributed by atoms with Crippen molar-refractivity contribution in [2.45, 2.75) is 33.9 Å². The van der Waals surface area contributed by atoms with Crippen LogP contribution in [-0.2, 0) is 13.1 Å². The first kappa shape index (κ1) is 16.2. The highest BCUT2D eigenvalue weighted by Crippen LogP contribution is 2.26. The number of benzene rings is 2. The molecule has 4 heteroatoms. The van der Waals surface area contributed by atoms with Gasteiger partial charge in [0.2, 0.25) is 0 Å². The van der Waals surface area contributed by atoms with Gasteiger partial charge in [0.1, 0.15) is 5.82 Å². The van der Waals surface area contributed by atoms with Gasteiger partial charge in [0, 0.05) is 35.2 Å². The van der Waals surface area contributed by atoms with Crippen LogP contribution in [0.3, 0.4) is 0 Å². The van der Waals surface area contributed by atoms with Gasteiger partial charge in [-0.1, -0.05) is 12.1 Å². The second-order valence-electron chi connectivity index (χ2n) is 6.00. The average molecular weight is 324 g/mol. The molecule has 0 spiro atoms. The summed E-state index contributed by atoms with van der Waals surface area (Å²) >= 11 is 0. The molecule has 0 fully saturated rings. The summed E-state index contributed by atoms with van der Waals surface area (Å²) in [5.41, 5.74) is 4.94. The fourth-order valence-electron chi connectivity index (χ4n) is 3.13. The van der Waals surface area contributed by atoms with Gasteiger partial charge < -0.3 is 9.88 Å². The molecule has 1 amide bonds. The van der Waals surface area contributed by atoms with Gasteiger partial charge in [-0.05, 0) is 62.2 Å². The number of amides is 1. The zero-order valence-corrected chi connectivity index (χ0v) is 14.2. The highest BCUT2D eigenvalue weighted by atomic mass is 19.1. The number of nitrogens with zero attached hydrogens (tertiary/aromatic N) is 1. The van der Waals surface area contributed by atoms with Crippen LogP contribution < -0.4 is 5.32 Å². The summed E-state index contributed by atoms with van der Waals surface area (Å²) in [6.45, 7) is 7.51. The van der Waals surface area contributed by atoms with E-state index >= 15 is 0 Å². The Kier molecular flexibility index (Phi) is 4.38. The standard InChI is InChI=1S/C20H21FN2O/c1-4-23-14(3)13(2)18-11-16(8-9-19(18)23)20(24)22-12-15-6-5-7-17(21)10-15/h5-11H,4,12H2,1-3H3,(H,22,24). The Morgan fingerprint density at radius 2 is 1.96 bits per heavy atom. The Bertz CT molecular complexity index is 911. The van der Waals surface area contributed by atoms with E-state index < -0.39 is 0 Å². The molecule has 1 heterocycles. The molecule has 3 aromatic rings. The summed E-state index contributed by atoms with van der Waals surface area (Å²) in [6.07, 6.45) is 0. The molecule has 24 heavy (non-hydrogen) atoms. The highest BCUT2D eigenvalue weighted by molar-refractivity contribution is 5.99. The Balaban J connectivity index is 1.84. The predicted molar refractivity (Wildman–Crippen MR) is 94.7 cm³/mol. The van der Waals surface area contributed by atoms with Crippen LogP contribution in [0.25, 0.3) is 10.9 Å². The van der Waals surface area contributed by atoms with Gasteiger partial charge in [0.05, 0.1) is 0 Å². The maximum absolute atomic E-state index is 13.2. The molecular weight excluding hydrogens is 303 g/mol. The van der Waals surface area contributed by atoms with Crippen LogP contribution in [0, 0.1) is 19.7 Å². The Morgan fingerprint density at radius 3 is 2.67 bits per heavy atom. The largest absolute Gasteiger partial charge is 0.348 e. The molecule has 0 atom stereocenters. The second kappa shape index (κ2) is 6.48. The van der Waals surface area contributed by atoms with Gasteiger partial charge in [-0.3, -0.25) is 4.79 Å². The molecule has 124 valence electrons. The smallest absolute Gasteiger partial charge is 0.251 e. The molecule has 0 bridgehead atoms. The Labute approximate surface area is 141 Å². The molecule has 0 saturated carbocycles. The number of fused-ring (bicyclic) bond motifs is 1. The van der Waals surface area contributed by atoms with E-state index in [4.69, 9.17) is 0 Å². The molecule has 0 aliphatic rings. The van der Waals surface area contributed by atoms with Crippen molar-refractivity contribution in [1.29, 1.82) is 0 Å². The lowest BCUT2D eigenvalue weighted by Crippen LogP contribution is -2.22. The molecule has 0 radical (unpaired) electrons. The summed E-state index contributed by atoms with van der Waals surface area (Å²) < 4.78 is 15.4. The van der Waals surface area contributed by atoms with Crippen molar-refractivity contribution in [2.24, 2.45) is 0 Å². The minimum atomic E-state index is -0.296. The van der Waals surface area contributed by atoms with Crippen molar-refractivity contribution in [3.63, 3.8) is 0 Å². The number of carbonyl (C=O) groups excluding carboxylic acids is 1. The first-order valence-corrected chi connectivity index (χ1v) is 8.13. The molecule has 0 aliphatic carbocycles. The van der Waals surface area contributed by atoms with E-state index in [1.807, 2.05) is 18.2 Å². The van der Waals surface area contributed by atoms with Crippen molar-refractivity contribution < 1.29 is 9.18 Å². The molecule has 3 rings (SSSR count). The lowest BCUT2D eigenvalue weighted by atomic mass is 10.1. The number of carbonyl (C=O) groups is 1. The summed E-state index contributed by atoms with van der Waals surface area (Å²) in [4.78, 5) is 12.4. The number of hydrogen-bond acceptors (Lipinski definition) is 1. The second-order valence-corrected chi connectivity index (χ2v) is 6.00. The van der Waals surface area contributed by atoms with E-state index in [0.717, 1.165) is 23.0 Å². The number of rotatable bonds is 4. The van der Waals surface area contributed by atoms with Crippen molar-refractivity contribution in [1.82, 2.24) is 9.88 Å². The van der Waals surface area contributed by atoms with Gasteiger partial charge in [-0.15, -0.1) is 0 Å². The molecule has 0 saturated heterocycles. The van der Waals surface area contributed by atoms with Gasteiger partial charge >= 0.3 is 0 Å². The van der Waals surface area contributed by atoms with Crippen LogP contribution in [-0.4, -0.2) is 10.5 Å². The van der Waals surface area contributed by atoms with Crippen LogP contribution in [0.5, 0.6) is 0 Å². The average Bonchev–Trinajstić information content (AvgIpc) is 2.83. The number of aromatic nitrogens is 1. The molecular formula is C20H21FN2O. The SMILES string of the molecule is CCn1c(C)c(C)c2cc(C(=O)NCc3cccc(F)c3)ccc21. The zero-order chi connectivity index (χ0) is 17.3.